The van der Waals surface area contributed by atoms with Gasteiger partial charge in [0.1, 0.15) is 5.75 Å². The van der Waals surface area contributed by atoms with Gasteiger partial charge in [0.25, 0.3) is 5.56 Å². The van der Waals surface area contributed by atoms with Crippen molar-refractivity contribution in [3.63, 3.8) is 0 Å². The number of piperazine rings is 1. The van der Waals surface area contributed by atoms with Crippen LogP contribution in [-0.4, -0.2) is 74.1 Å². The topological polar surface area (TPSA) is 106 Å². The molecule has 10 nitrogen and oxygen atoms in total. The van der Waals surface area contributed by atoms with Crippen LogP contribution in [0, 0.1) is 6.92 Å². The number of carbonyl (C=O) groups is 1. The van der Waals surface area contributed by atoms with Crippen molar-refractivity contribution >= 4 is 22.8 Å². The predicted octanol–water partition coefficient (Wildman–Crippen LogP) is 2.78. The molecule has 1 atom stereocenters. The number of alkyl halides is 2. The first-order valence-corrected chi connectivity index (χ1v) is 12.9. The molecule has 210 valence electrons. The molecule has 12 heteroatoms. The van der Waals surface area contributed by atoms with Gasteiger partial charge in [-0.25, -0.2) is 9.97 Å². The van der Waals surface area contributed by atoms with Gasteiger partial charge in [-0.2, -0.15) is 8.78 Å². The van der Waals surface area contributed by atoms with Crippen molar-refractivity contribution in [1.29, 1.82) is 0 Å². The number of halogens is 2. The number of aliphatic hydroxyl groups is 1. The van der Waals surface area contributed by atoms with E-state index in [0.717, 1.165) is 16.7 Å². The standard InChI is InChI=1S/C28H30F2N6O4/c1-17-4-7-25(40-27(29)30)20(10-17)14-36-24-11-19(5-6-23(24)26(39)33(36)3)21-12-31-28(32-13-21)34-8-9-35(18(2)38)22(15-34)16-37/h4-7,10-13,22,27,37H,8-9,14-16H2,1-3H3/t22-/m0/s1. The third kappa shape index (κ3) is 5.26. The Labute approximate surface area is 229 Å². The van der Waals surface area contributed by atoms with Crippen LogP contribution in [0.1, 0.15) is 18.1 Å². The van der Waals surface area contributed by atoms with Gasteiger partial charge in [-0.05, 0) is 30.7 Å². The van der Waals surface area contributed by atoms with Crippen molar-refractivity contribution in [2.75, 3.05) is 31.1 Å². The van der Waals surface area contributed by atoms with Gasteiger partial charge in [0, 0.05) is 57.1 Å². The SMILES string of the molecule is CC(=O)N1CCN(c2ncc(-c3ccc4c(=O)n(C)n(Cc5cc(C)ccc5OC(F)F)c4c3)cn2)C[C@H]1CO. The van der Waals surface area contributed by atoms with Gasteiger partial charge in [-0.15, -0.1) is 0 Å². The maximum absolute atomic E-state index is 13.0. The van der Waals surface area contributed by atoms with Crippen LogP contribution in [-0.2, 0) is 18.4 Å². The van der Waals surface area contributed by atoms with Crippen molar-refractivity contribution in [1.82, 2.24) is 24.2 Å². The molecular weight excluding hydrogens is 522 g/mol. The average molecular weight is 553 g/mol. The minimum atomic E-state index is -2.96. The maximum Gasteiger partial charge on any atom is 0.387 e. The normalized spacial score (nSPS) is 15.7. The van der Waals surface area contributed by atoms with Crippen LogP contribution in [0.15, 0.2) is 53.6 Å². The van der Waals surface area contributed by atoms with Crippen LogP contribution in [0.2, 0.25) is 0 Å². The van der Waals surface area contributed by atoms with Crippen molar-refractivity contribution in [2.24, 2.45) is 7.05 Å². The van der Waals surface area contributed by atoms with Crippen LogP contribution in [0.4, 0.5) is 14.7 Å². The van der Waals surface area contributed by atoms with E-state index in [1.807, 2.05) is 24.0 Å². The zero-order valence-corrected chi connectivity index (χ0v) is 22.4. The van der Waals surface area contributed by atoms with Gasteiger partial charge in [0.2, 0.25) is 11.9 Å². The lowest BCUT2D eigenvalue weighted by Crippen LogP contribution is -2.56. The Bertz CT molecular complexity index is 1600. The van der Waals surface area contributed by atoms with Gasteiger partial charge >= 0.3 is 6.61 Å². The van der Waals surface area contributed by atoms with E-state index in [1.165, 1.54) is 17.7 Å². The van der Waals surface area contributed by atoms with E-state index in [-0.39, 0.29) is 36.4 Å². The third-order valence-electron chi connectivity index (χ3n) is 7.27. The molecule has 1 aliphatic rings. The molecule has 3 heterocycles. The number of hydrogen-bond donors (Lipinski definition) is 1. The first-order valence-electron chi connectivity index (χ1n) is 12.9. The number of nitrogens with zero attached hydrogens (tertiary/aromatic N) is 6. The summed E-state index contributed by atoms with van der Waals surface area (Å²) in [4.78, 5) is 37.4. The molecule has 0 spiro atoms. The fraction of sp³-hybridized carbons (Fsp3) is 0.357. The molecule has 5 rings (SSSR count). The smallest absolute Gasteiger partial charge is 0.387 e. The van der Waals surface area contributed by atoms with Crippen LogP contribution in [0.5, 0.6) is 5.75 Å². The van der Waals surface area contributed by atoms with E-state index in [0.29, 0.717) is 42.0 Å². The minimum Gasteiger partial charge on any atom is -0.434 e. The maximum atomic E-state index is 13.0. The fourth-order valence-electron chi connectivity index (χ4n) is 5.19. The summed E-state index contributed by atoms with van der Waals surface area (Å²) in [5, 5.41) is 10.2. The summed E-state index contributed by atoms with van der Waals surface area (Å²) < 4.78 is 34.0. The molecule has 1 aliphatic heterocycles. The molecule has 0 unspecified atom stereocenters. The van der Waals surface area contributed by atoms with Gasteiger partial charge in [0.15, 0.2) is 0 Å². The van der Waals surface area contributed by atoms with Gasteiger partial charge < -0.3 is 19.6 Å². The van der Waals surface area contributed by atoms with Gasteiger partial charge in [-0.3, -0.25) is 19.0 Å². The highest BCUT2D eigenvalue weighted by Gasteiger charge is 2.29. The lowest BCUT2D eigenvalue weighted by atomic mass is 10.1. The van der Waals surface area contributed by atoms with Crippen molar-refractivity contribution in [2.45, 2.75) is 33.0 Å². The number of carbonyl (C=O) groups excluding carboxylic acids is 1. The van der Waals surface area contributed by atoms with Gasteiger partial charge in [0.05, 0.1) is 30.1 Å². The largest absolute Gasteiger partial charge is 0.434 e. The molecular formula is C28H30F2N6O4. The van der Waals surface area contributed by atoms with E-state index in [9.17, 15) is 23.5 Å². The lowest BCUT2D eigenvalue weighted by Gasteiger charge is -2.40. The minimum absolute atomic E-state index is 0.0580. The Balaban J connectivity index is 1.45. The summed E-state index contributed by atoms with van der Waals surface area (Å²) in [5.74, 6) is 0.474. The Hall–Kier alpha value is -4.32. The number of aromatic nitrogens is 4. The van der Waals surface area contributed by atoms with Crippen LogP contribution < -0.4 is 15.2 Å². The highest BCUT2D eigenvalue weighted by molar-refractivity contribution is 5.84. The average Bonchev–Trinajstić information content (AvgIpc) is 3.18. The monoisotopic (exact) mass is 552 g/mol. The number of rotatable bonds is 7. The zero-order chi connectivity index (χ0) is 28.6. The van der Waals surface area contributed by atoms with E-state index in [2.05, 4.69) is 9.97 Å². The number of benzene rings is 2. The molecule has 4 aromatic rings. The Kier molecular flexibility index (Phi) is 7.53. The summed E-state index contributed by atoms with van der Waals surface area (Å²) in [6.07, 6.45) is 3.38. The van der Waals surface area contributed by atoms with Gasteiger partial charge in [-0.1, -0.05) is 23.8 Å². The molecule has 1 amide bonds. The number of aryl methyl sites for hydroxylation is 1. The molecule has 2 aromatic heterocycles. The number of fused-ring (bicyclic) bond motifs is 1. The van der Waals surface area contributed by atoms with E-state index >= 15 is 0 Å². The highest BCUT2D eigenvalue weighted by atomic mass is 19.3. The second-order valence-electron chi connectivity index (χ2n) is 9.87. The summed E-state index contributed by atoms with van der Waals surface area (Å²) in [7, 11) is 1.63. The quantitative estimate of drug-likeness (QED) is 0.376. The highest BCUT2D eigenvalue weighted by Crippen LogP contribution is 2.27. The molecule has 1 fully saturated rings. The number of ether oxygens (including phenoxy) is 1. The Morgan fingerprint density at radius 3 is 2.55 bits per heavy atom. The molecule has 1 saturated heterocycles. The summed E-state index contributed by atoms with van der Waals surface area (Å²) in [6.45, 7) is 1.83. The number of aliphatic hydroxyl groups excluding tert-OH is 1. The molecule has 0 aliphatic carbocycles. The summed E-state index contributed by atoms with van der Waals surface area (Å²) in [6, 6.07) is 10.0. The number of hydrogen-bond acceptors (Lipinski definition) is 7. The van der Waals surface area contributed by atoms with Crippen LogP contribution in [0.25, 0.3) is 22.0 Å². The second kappa shape index (κ2) is 11.0. The first kappa shape index (κ1) is 27.3. The van der Waals surface area contributed by atoms with Crippen molar-refractivity contribution in [3.05, 3.63) is 70.3 Å². The molecule has 0 saturated carbocycles. The van der Waals surface area contributed by atoms with E-state index in [1.54, 1.807) is 47.2 Å². The molecule has 0 bridgehead atoms. The van der Waals surface area contributed by atoms with E-state index < -0.39 is 6.61 Å². The number of anilines is 1. The molecule has 40 heavy (non-hydrogen) atoms. The number of amides is 1. The molecule has 2 aromatic carbocycles. The predicted molar refractivity (Wildman–Crippen MR) is 146 cm³/mol. The Morgan fingerprint density at radius 1 is 1.12 bits per heavy atom. The second-order valence-corrected chi connectivity index (χ2v) is 9.87. The lowest BCUT2D eigenvalue weighted by molar-refractivity contribution is -0.132. The molecule has 1 N–H and O–H groups in total. The first-order chi connectivity index (χ1) is 19.2. The van der Waals surface area contributed by atoms with Crippen LogP contribution >= 0.6 is 0 Å². The van der Waals surface area contributed by atoms with E-state index in [4.69, 9.17) is 4.74 Å². The van der Waals surface area contributed by atoms with Crippen molar-refractivity contribution < 1.29 is 23.4 Å². The summed E-state index contributed by atoms with van der Waals surface area (Å²) >= 11 is 0. The third-order valence-corrected chi connectivity index (χ3v) is 7.27. The Morgan fingerprint density at radius 2 is 1.88 bits per heavy atom. The summed E-state index contributed by atoms with van der Waals surface area (Å²) in [5.41, 5.74) is 3.33. The van der Waals surface area contributed by atoms with Crippen molar-refractivity contribution in [3.8, 4) is 16.9 Å². The van der Waals surface area contributed by atoms with Crippen LogP contribution in [0.3, 0.4) is 0 Å². The molecule has 0 radical (unpaired) electrons. The fourth-order valence-corrected chi connectivity index (χ4v) is 5.19. The zero-order valence-electron chi connectivity index (χ0n) is 22.4.